The molecule has 0 aliphatic heterocycles. The van der Waals surface area contributed by atoms with Crippen LogP contribution >= 0.6 is 22.9 Å². The molecule has 0 aliphatic rings. The van der Waals surface area contributed by atoms with Crippen LogP contribution in [0.5, 0.6) is 0 Å². The molecule has 2 aromatic rings. The van der Waals surface area contributed by atoms with Gasteiger partial charge in [0.05, 0.1) is 0 Å². The summed E-state index contributed by atoms with van der Waals surface area (Å²) in [6, 6.07) is 8.98. The van der Waals surface area contributed by atoms with Crippen molar-refractivity contribution in [3.05, 3.63) is 57.0 Å². The largest absolute Gasteiger partial charge is 0.309 e. The van der Waals surface area contributed by atoms with Crippen LogP contribution in [-0.4, -0.2) is 6.54 Å². The SMILES string of the molecule is CCCNC(Cc1cc(Cl)ccc1F)c1cccs1. The fourth-order valence-corrected chi connectivity index (χ4v) is 3.00. The zero-order valence-electron chi connectivity index (χ0n) is 10.8. The highest BCUT2D eigenvalue weighted by atomic mass is 35.5. The second-order valence-electron chi connectivity index (χ2n) is 4.46. The fraction of sp³-hybridized carbons (Fsp3) is 0.333. The van der Waals surface area contributed by atoms with Crippen molar-refractivity contribution in [1.82, 2.24) is 5.32 Å². The first kappa shape index (κ1) is 14.5. The molecule has 0 amide bonds. The Balaban J connectivity index is 2.17. The molecule has 2 rings (SSSR count). The van der Waals surface area contributed by atoms with Gasteiger partial charge in [0, 0.05) is 15.9 Å². The molecule has 1 atom stereocenters. The Labute approximate surface area is 122 Å². The minimum absolute atomic E-state index is 0.146. The summed E-state index contributed by atoms with van der Waals surface area (Å²) >= 11 is 7.64. The predicted octanol–water partition coefficient (Wildman–Crippen LogP) is 4.82. The summed E-state index contributed by atoms with van der Waals surface area (Å²) in [4.78, 5) is 1.23. The van der Waals surface area contributed by atoms with E-state index >= 15 is 0 Å². The van der Waals surface area contributed by atoms with Crippen molar-refractivity contribution in [1.29, 1.82) is 0 Å². The lowest BCUT2D eigenvalue weighted by atomic mass is 10.0. The van der Waals surface area contributed by atoms with Crippen molar-refractivity contribution in [2.45, 2.75) is 25.8 Å². The quantitative estimate of drug-likeness (QED) is 0.806. The van der Waals surface area contributed by atoms with Crippen LogP contribution in [0.2, 0.25) is 5.02 Å². The third-order valence-corrected chi connectivity index (χ3v) is 4.18. The second-order valence-corrected chi connectivity index (χ2v) is 5.88. The molecule has 102 valence electrons. The molecule has 1 heterocycles. The highest BCUT2D eigenvalue weighted by molar-refractivity contribution is 7.10. The van der Waals surface area contributed by atoms with Crippen LogP contribution < -0.4 is 5.32 Å². The molecule has 0 saturated heterocycles. The molecule has 0 saturated carbocycles. The molecule has 0 radical (unpaired) electrons. The molecule has 0 spiro atoms. The summed E-state index contributed by atoms with van der Waals surface area (Å²) in [5.74, 6) is -0.191. The van der Waals surface area contributed by atoms with Crippen LogP contribution in [0, 0.1) is 5.82 Å². The summed E-state index contributed by atoms with van der Waals surface area (Å²) in [6.07, 6.45) is 1.67. The van der Waals surface area contributed by atoms with E-state index in [9.17, 15) is 4.39 Å². The molecule has 0 aliphatic carbocycles. The van der Waals surface area contributed by atoms with Gasteiger partial charge in [0.25, 0.3) is 0 Å². The van der Waals surface area contributed by atoms with Crippen LogP contribution in [0.15, 0.2) is 35.7 Å². The maximum atomic E-state index is 13.8. The first-order chi connectivity index (χ1) is 9.20. The van der Waals surface area contributed by atoms with Crippen LogP contribution in [-0.2, 0) is 6.42 Å². The zero-order valence-corrected chi connectivity index (χ0v) is 12.4. The van der Waals surface area contributed by atoms with E-state index in [0.717, 1.165) is 13.0 Å². The topological polar surface area (TPSA) is 12.0 Å². The van der Waals surface area contributed by atoms with Crippen LogP contribution in [0.4, 0.5) is 4.39 Å². The number of nitrogens with one attached hydrogen (secondary N) is 1. The van der Waals surface area contributed by atoms with Crippen molar-refractivity contribution in [2.75, 3.05) is 6.54 Å². The van der Waals surface area contributed by atoms with Gasteiger partial charge in [0.15, 0.2) is 0 Å². The minimum atomic E-state index is -0.191. The van der Waals surface area contributed by atoms with Crippen LogP contribution in [0.1, 0.15) is 29.8 Å². The highest BCUT2D eigenvalue weighted by Gasteiger charge is 2.15. The van der Waals surface area contributed by atoms with Gasteiger partial charge in [0.2, 0.25) is 0 Å². The summed E-state index contributed by atoms with van der Waals surface area (Å²) in [5, 5.41) is 6.09. The van der Waals surface area contributed by atoms with Gasteiger partial charge in [-0.25, -0.2) is 4.39 Å². The number of thiophene rings is 1. The predicted molar refractivity (Wildman–Crippen MR) is 80.5 cm³/mol. The van der Waals surface area contributed by atoms with E-state index in [-0.39, 0.29) is 11.9 Å². The van der Waals surface area contributed by atoms with E-state index in [4.69, 9.17) is 11.6 Å². The van der Waals surface area contributed by atoms with Crippen molar-refractivity contribution < 1.29 is 4.39 Å². The summed E-state index contributed by atoms with van der Waals surface area (Å²) < 4.78 is 13.8. The minimum Gasteiger partial charge on any atom is -0.309 e. The average molecular weight is 298 g/mol. The smallest absolute Gasteiger partial charge is 0.126 e. The summed E-state index contributed by atoms with van der Waals surface area (Å²) in [5.41, 5.74) is 0.662. The van der Waals surface area contributed by atoms with E-state index in [1.165, 1.54) is 10.9 Å². The molecule has 1 nitrogen and oxygen atoms in total. The summed E-state index contributed by atoms with van der Waals surface area (Å²) in [7, 11) is 0. The molecule has 0 fully saturated rings. The molecular weight excluding hydrogens is 281 g/mol. The van der Waals surface area contributed by atoms with Gasteiger partial charge in [-0.05, 0) is 54.6 Å². The molecule has 0 bridgehead atoms. The Morgan fingerprint density at radius 3 is 2.89 bits per heavy atom. The molecule has 1 aromatic heterocycles. The van der Waals surface area contributed by atoms with Crippen molar-refractivity contribution in [2.24, 2.45) is 0 Å². The lowest BCUT2D eigenvalue weighted by Gasteiger charge is -2.17. The second kappa shape index (κ2) is 7.04. The lowest BCUT2D eigenvalue weighted by molar-refractivity contribution is 0.519. The number of rotatable bonds is 6. The van der Waals surface area contributed by atoms with Crippen LogP contribution in [0.3, 0.4) is 0 Å². The van der Waals surface area contributed by atoms with Gasteiger partial charge >= 0.3 is 0 Å². The Morgan fingerprint density at radius 1 is 1.37 bits per heavy atom. The average Bonchev–Trinajstić information content (AvgIpc) is 2.92. The van der Waals surface area contributed by atoms with E-state index in [1.807, 2.05) is 11.4 Å². The van der Waals surface area contributed by atoms with Gasteiger partial charge in [-0.2, -0.15) is 0 Å². The van der Waals surface area contributed by atoms with Gasteiger partial charge in [0.1, 0.15) is 5.82 Å². The molecule has 4 heteroatoms. The highest BCUT2D eigenvalue weighted by Crippen LogP contribution is 2.25. The van der Waals surface area contributed by atoms with E-state index < -0.39 is 0 Å². The Kier molecular flexibility index (Phi) is 5.37. The molecular formula is C15H17ClFNS. The third-order valence-electron chi connectivity index (χ3n) is 2.96. The number of hydrogen-bond donors (Lipinski definition) is 1. The number of benzene rings is 1. The summed E-state index contributed by atoms with van der Waals surface area (Å²) in [6.45, 7) is 3.04. The first-order valence-electron chi connectivity index (χ1n) is 6.41. The molecule has 1 N–H and O–H groups in total. The van der Waals surface area contributed by atoms with Crippen molar-refractivity contribution in [3.63, 3.8) is 0 Å². The van der Waals surface area contributed by atoms with E-state index in [2.05, 4.69) is 18.3 Å². The van der Waals surface area contributed by atoms with Crippen molar-refractivity contribution in [3.8, 4) is 0 Å². The normalized spacial score (nSPS) is 12.6. The van der Waals surface area contributed by atoms with Crippen LogP contribution in [0.25, 0.3) is 0 Å². The van der Waals surface area contributed by atoms with Gasteiger partial charge < -0.3 is 5.32 Å². The fourth-order valence-electron chi connectivity index (χ4n) is 2.00. The van der Waals surface area contributed by atoms with E-state index in [1.54, 1.807) is 23.5 Å². The molecule has 19 heavy (non-hydrogen) atoms. The zero-order chi connectivity index (χ0) is 13.7. The lowest BCUT2D eigenvalue weighted by Crippen LogP contribution is -2.23. The van der Waals surface area contributed by atoms with E-state index in [0.29, 0.717) is 17.0 Å². The maximum absolute atomic E-state index is 13.8. The maximum Gasteiger partial charge on any atom is 0.126 e. The first-order valence-corrected chi connectivity index (χ1v) is 7.67. The monoisotopic (exact) mass is 297 g/mol. The van der Waals surface area contributed by atoms with Gasteiger partial charge in [-0.15, -0.1) is 11.3 Å². The number of hydrogen-bond acceptors (Lipinski definition) is 2. The Hall–Kier alpha value is -0.900. The Bertz CT molecular complexity index is 513. The number of halogens is 2. The molecule has 1 unspecified atom stereocenters. The van der Waals surface area contributed by atoms with Crippen molar-refractivity contribution >= 4 is 22.9 Å². The Morgan fingerprint density at radius 2 is 2.21 bits per heavy atom. The van der Waals surface area contributed by atoms with Gasteiger partial charge in [-0.3, -0.25) is 0 Å². The third kappa shape index (κ3) is 4.03. The molecule has 1 aromatic carbocycles. The van der Waals surface area contributed by atoms with Gasteiger partial charge in [-0.1, -0.05) is 24.6 Å². The standard InChI is InChI=1S/C15H17ClFNS/c1-2-7-18-14(15-4-3-8-19-15)10-11-9-12(16)5-6-13(11)17/h3-6,8-9,14,18H,2,7,10H2,1H3.